The van der Waals surface area contributed by atoms with E-state index in [1.807, 2.05) is 6.07 Å². The minimum Gasteiger partial charge on any atom is -0.506 e. The fourth-order valence-electron chi connectivity index (χ4n) is 2.62. The molecule has 0 aliphatic rings. The second kappa shape index (κ2) is 4.81. The summed E-state index contributed by atoms with van der Waals surface area (Å²) in [5.41, 5.74) is 10.2. The molecule has 0 amide bonds. The smallest absolute Gasteiger partial charge is 0.141 e. The summed E-state index contributed by atoms with van der Waals surface area (Å²) in [7, 11) is 0. The van der Waals surface area contributed by atoms with Crippen LogP contribution in [-0.2, 0) is 0 Å². The van der Waals surface area contributed by atoms with Crippen LogP contribution in [0.2, 0.25) is 0 Å². The molecule has 4 heteroatoms. The average Bonchev–Trinajstić information content (AvgIpc) is 2.80. The molecule has 3 aromatic rings. The highest BCUT2D eigenvalue weighted by Gasteiger charge is 2.15. The van der Waals surface area contributed by atoms with E-state index in [0.717, 1.165) is 22.4 Å². The number of benzene rings is 2. The highest BCUT2D eigenvalue weighted by atomic mass is 16.3. The molecule has 0 aliphatic heterocycles. The fraction of sp³-hybridized carbons (Fsp3) is 0.235. The van der Waals surface area contributed by atoms with E-state index in [9.17, 15) is 5.11 Å². The number of nitrogens with zero attached hydrogens (tertiary/aromatic N) is 2. The Morgan fingerprint density at radius 1 is 1.14 bits per heavy atom. The maximum absolute atomic E-state index is 9.85. The lowest BCUT2D eigenvalue weighted by molar-refractivity contribution is 0.478. The van der Waals surface area contributed by atoms with Crippen LogP contribution in [0.1, 0.15) is 25.5 Å². The van der Waals surface area contributed by atoms with Gasteiger partial charge in [0.1, 0.15) is 11.6 Å². The van der Waals surface area contributed by atoms with Crippen LogP contribution in [0.5, 0.6) is 5.75 Å². The van der Waals surface area contributed by atoms with Gasteiger partial charge in [-0.1, -0.05) is 6.07 Å². The molecule has 0 saturated carbocycles. The summed E-state index contributed by atoms with van der Waals surface area (Å²) < 4.78 is 2.18. The molecule has 108 valence electrons. The van der Waals surface area contributed by atoms with E-state index in [1.54, 1.807) is 12.1 Å². The van der Waals surface area contributed by atoms with Crippen molar-refractivity contribution in [2.24, 2.45) is 0 Å². The second-order valence-electron chi connectivity index (χ2n) is 5.66. The second-order valence-corrected chi connectivity index (χ2v) is 5.66. The van der Waals surface area contributed by atoms with Gasteiger partial charge in [-0.15, -0.1) is 0 Å². The number of rotatable bonds is 2. The van der Waals surface area contributed by atoms with Crippen molar-refractivity contribution in [3.63, 3.8) is 0 Å². The molecule has 0 fully saturated rings. The molecule has 0 atom stereocenters. The SMILES string of the molecule is Cc1ccc2c(c1)nc(-c1ccc(N)c(O)c1)n2C(C)C. The first-order valence-electron chi connectivity index (χ1n) is 7.05. The summed E-state index contributed by atoms with van der Waals surface area (Å²) in [4.78, 5) is 4.75. The zero-order chi connectivity index (χ0) is 15.1. The van der Waals surface area contributed by atoms with Crippen LogP contribution in [0.25, 0.3) is 22.4 Å². The maximum Gasteiger partial charge on any atom is 0.141 e. The van der Waals surface area contributed by atoms with Crippen LogP contribution in [0.4, 0.5) is 5.69 Å². The van der Waals surface area contributed by atoms with E-state index >= 15 is 0 Å². The number of hydrogen-bond acceptors (Lipinski definition) is 3. The van der Waals surface area contributed by atoms with Crippen molar-refractivity contribution in [2.45, 2.75) is 26.8 Å². The fourth-order valence-corrected chi connectivity index (χ4v) is 2.62. The van der Waals surface area contributed by atoms with Gasteiger partial charge in [0, 0.05) is 11.6 Å². The number of anilines is 1. The Balaban J connectivity index is 2.30. The molecule has 1 aromatic heterocycles. The first-order valence-corrected chi connectivity index (χ1v) is 7.05. The van der Waals surface area contributed by atoms with Gasteiger partial charge in [0.05, 0.1) is 16.7 Å². The average molecular weight is 281 g/mol. The van der Waals surface area contributed by atoms with Crippen molar-refractivity contribution in [1.82, 2.24) is 9.55 Å². The number of aromatic nitrogens is 2. The Hall–Kier alpha value is -2.49. The zero-order valence-electron chi connectivity index (χ0n) is 12.5. The summed E-state index contributed by atoms with van der Waals surface area (Å²) >= 11 is 0. The molecule has 4 nitrogen and oxygen atoms in total. The predicted octanol–water partition coefficient (Wildman–Crippen LogP) is 3.88. The monoisotopic (exact) mass is 281 g/mol. The van der Waals surface area contributed by atoms with Gasteiger partial charge < -0.3 is 15.4 Å². The van der Waals surface area contributed by atoms with Gasteiger partial charge >= 0.3 is 0 Å². The first-order chi connectivity index (χ1) is 9.97. The van der Waals surface area contributed by atoms with E-state index in [0.29, 0.717) is 5.69 Å². The standard InChI is InChI=1S/C17H19N3O/c1-10(2)20-15-7-4-11(3)8-14(15)19-17(20)12-5-6-13(18)16(21)9-12/h4-10,21H,18H2,1-3H3. The normalized spacial score (nSPS) is 11.4. The summed E-state index contributed by atoms with van der Waals surface area (Å²) in [6, 6.07) is 11.8. The largest absolute Gasteiger partial charge is 0.506 e. The van der Waals surface area contributed by atoms with E-state index in [4.69, 9.17) is 10.7 Å². The number of phenolic OH excluding ortho intramolecular Hbond substituents is 1. The number of phenols is 1. The Morgan fingerprint density at radius 3 is 2.57 bits per heavy atom. The van der Waals surface area contributed by atoms with Crippen molar-refractivity contribution in [3.8, 4) is 17.1 Å². The molecule has 21 heavy (non-hydrogen) atoms. The number of imidazole rings is 1. The Kier molecular flexibility index (Phi) is 3.09. The number of hydrogen-bond donors (Lipinski definition) is 2. The van der Waals surface area contributed by atoms with Gasteiger partial charge in [0.2, 0.25) is 0 Å². The Bertz CT molecular complexity index is 818. The van der Waals surface area contributed by atoms with Gasteiger partial charge in [0.25, 0.3) is 0 Å². The molecular weight excluding hydrogens is 262 g/mol. The lowest BCUT2D eigenvalue weighted by Crippen LogP contribution is -2.03. The van der Waals surface area contributed by atoms with Gasteiger partial charge in [0.15, 0.2) is 0 Å². The van der Waals surface area contributed by atoms with Crippen molar-refractivity contribution in [1.29, 1.82) is 0 Å². The highest BCUT2D eigenvalue weighted by Crippen LogP contribution is 2.32. The van der Waals surface area contributed by atoms with Crippen LogP contribution in [-0.4, -0.2) is 14.7 Å². The van der Waals surface area contributed by atoms with E-state index in [-0.39, 0.29) is 11.8 Å². The topological polar surface area (TPSA) is 64.1 Å². The molecule has 1 heterocycles. The third kappa shape index (κ3) is 2.23. The van der Waals surface area contributed by atoms with Crippen molar-refractivity contribution >= 4 is 16.7 Å². The molecule has 0 unspecified atom stereocenters. The first kappa shape index (κ1) is 13.5. The minimum absolute atomic E-state index is 0.0889. The van der Waals surface area contributed by atoms with Gasteiger partial charge in [-0.2, -0.15) is 0 Å². The molecule has 3 rings (SSSR count). The molecule has 3 N–H and O–H groups in total. The third-order valence-corrected chi connectivity index (χ3v) is 3.65. The molecule has 2 aromatic carbocycles. The summed E-state index contributed by atoms with van der Waals surface area (Å²) in [5.74, 6) is 0.937. The molecule has 0 spiro atoms. The Labute approximate surface area is 123 Å². The van der Waals surface area contributed by atoms with E-state index in [1.165, 1.54) is 5.56 Å². The van der Waals surface area contributed by atoms with Crippen LogP contribution in [0, 0.1) is 6.92 Å². The number of nitrogens with two attached hydrogens (primary N) is 1. The summed E-state index contributed by atoms with van der Waals surface area (Å²) in [6.07, 6.45) is 0. The number of nitrogen functional groups attached to an aromatic ring is 1. The highest BCUT2D eigenvalue weighted by molar-refractivity contribution is 5.82. The quantitative estimate of drug-likeness (QED) is 0.553. The lowest BCUT2D eigenvalue weighted by atomic mass is 10.1. The zero-order valence-corrected chi connectivity index (χ0v) is 12.5. The number of fused-ring (bicyclic) bond motifs is 1. The minimum atomic E-state index is 0.0889. The number of aromatic hydroxyl groups is 1. The lowest BCUT2D eigenvalue weighted by Gasteiger charge is -2.13. The van der Waals surface area contributed by atoms with Gasteiger partial charge in [-0.25, -0.2) is 4.98 Å². The molecule has 0 bridgehead atoms. The molecule has 0 aliphatic carbocycles. The van der Waals surface area contributed by atoms with Crippen molar-refractivity contribution < 1.29 is 5.11 Å². The summed E-state index contributed by atoms with van der Waals surface area (Å²) in [5, 5.41) is 9.85. The van der Waals surface area contributed by atoms with E-state index in [2.05, 4.69) is 43.5 Å². The third-order valence-electron chi connectivity index (χ3n) is 3.65. The predicted molar refractivity (Wildman–Crippen MR) is 86.4 cm³/mol. The van der Waals surface area contributed by atoms with Crippen molar-refractivity contribution in [2.75, 3.05) is 5.73 Å². The van der Waals surface area contributed by atoms with E-state index < -0.39 is 0 Å². The molecule has 0 radical (unpaired) electrons. The van der Waals surface area contributed by atoms with Gasteiger partial charge in [-0.05, 0) is 56.7 Å². The Morgan fingerprint density at radius 2 is 1.90 bits per heavy atom. The van der Waals surface area contributed by atoms with Crippen LogP contribution in [0.15, 0.2) is 36.4 Å². The van der Waals surface area contributed by atoms with Crippen molar-refractivity contribution in [3.05, 3.63) is 42.0 Å². The molecular formula is C17H19N3O. The maximum atomic E-state index is 9.85. The summed E-state index contributed by atoms with van der Waals surface area (Å²) in [6.45, 7) is 6.31. The molecule has 0 saturated heterocycles. The van der Waals surface area contributed by atoms with Crippen LogP contribution >= 0.6 is 0 Å². The van der Waals surface area contributed by atoms with Crippen LogP contribution < -0.4 is 5.73 Å². The van der Waals surface area contributed by atoms with Gasteiger partial charge in [-0.3, -0.25) is 0 Å². The van der Waals surface area contributed by atoms with Crippen LogP contribution in [0.3, 0.4) is 0 Å². The number of aryl methyl sites for hydroxylation is 1.